The van der Waals surface area contributed by atoms with Gasteiger partial charge >= 0.3 is 5.97 Å². The van der Waals surface area contributed by atoms with Gasteiger partial charge in [0.1, 0.15) is 5.84 Å². The number of benzene rings is 5. The number of carboxylic acid groups (broad SMARTS) is 1. The smallest absolute Gasteiger partial charge is 0.336 e. The van der Waals surface area contributed by atoms with Crippen molar-refractivity contribution >= 4 is 72.6 Å². The molecule has 9 heteroatoms. The van der Waals surface area contributed by atoms with Crippen molar-refractivity contribution in [1.82, 2.24) is 16.0 Å². The topological polar surface area (TPSA) is 148 Å². The molecule has 0 saturated carbocycles. The molecule has 5 N–H and O–H groups in total. The molecule has 1 heterocycles. The molecule has 3 amide bonds. The van der Waals surface area contributed by atoms with E-state index in [0.29, 0.717) is 73.0 Å². The highest BCUT2D eigenvalue weighted by atomic mass is 16.4. The summed E-state index contributed by atoms with van der Waals surface area (Å²) >= 11 is 0. The second kappa shape index (κ2) is 9.30. The van der Waals surface area contributed by atoms with Crippen LogP contribution in [0.2, 0.25) is 0 Å². The van der Waals surface area contributed by atoms with Crippen LogP contribution in [0.1, 0.15) is 73.7 Å². The van der Waals surface area contributed by atoms with Crippen molar-refractivity contribution in [3.63, 3.8) is 0 Å². The van der Waals surface area contributed by atoms with E-state index in [-0.39, 0.29) is 17.3 Å². The van der Waals surface area contributed by atoms with Crippen molar-refractivity contribution in [3.8, 4) is 0 Å². The molecule has 0 spiro atoms. The molecular formula is C31H26N4O5. The summed E-state index contributed by atoms with van der Waals surface area (Å²) in [4.78, 5) is 51.6. The number of rotatable bonds is 7. The van der Waals surface area contributed by atoms with Gasteiger partial charge in [0.2, 0.25) is 0 Å². The average molecular weight is 535 g/mol. The Kier molecular flexibility index (Phi) is 5.87. The average Bonchev–Trinajstić information content (AvgIpc) is 2.95. The molecule has 6 rings (SSSR count). The SMILES string of the molecule is CCCNC(=N)c1cc(C(=O)O)c2c3ccc4c5c(ccc(c6ccc(C(=O)NCCC)c1c62)c53)C(=O)NC4=O. The molecule has 200 valence electrons. The van der Waals surface area contributed by atoms with Crippen molar-refractivity contribution in [3.05, 3.63) is 70.3 Å². The van der Waals surface area contributed by atoms with Gasteiger partial charge in [-0.05, 0) is 64.0 Å². The summed E-state index contributed by atoms with van der Waals surface area (Å²) in [7, 11) is 0. The molecule has 0 aliphatic carbocycles. The number of aromatic carboxylic acids is 1. The van der Waals surface area contributed by atoms with Crippen LogP contribution in [0.5, 0.6) is 0 Å². The van der Waals surface area contributed by atoms with Crippen LogP contribution in [-0.4, -0.2) is 47.7 Å². The number of imide groups is 1. The van der Waals surface area contributed by atoms with Crippen LogP contribution >= 0.6 is 0 Å². The van der Waals surface area contributed by atoms with Crippen molar-refractivity contribution < 1.29 is 24.3 Å². The highest BCUT2D eigenvalue weighted by Gasteiger charge is 2.30. The number of carbonyl (C=O) groups excluding carboxylic acids is 3. The van der Waals surface area contributed by atoms with Gasteiger partial charge in [0.25, 0.3) is 17.7 Å². The lowest BCUT2D eigenvalue weighted by atomic mass is 9.81. The first-order chi connectivity index (χ1) is 19.3. The van der Waals surface area contributed by atoms with Crippen LogP contribution in [0.4, 0.5) is 0 Å². The van der Waals surface area contributed by atoms with Crippen LogP contribution in [-0.2, 0) is 0 Å². The first-order valence-corrected chi connectivity index (χ1v) is 13.2. The summed E-state index contributed by atoms with van der Waals surface area (Å²) in [6.07, 6.45) is 1.49. The van der Waals surface area contributed by atoms with Crippen molar-refractivity contribution in [1.29, 1.82) is 5.41 Å². The highest BCUT2D eigenvalue weighted by molar-refractivity contribution is 6.41. The van der Waals surface area contributed by atoms with Gasteiger partial charge in [-0.25, -0.2) is 4.79 Å². The zero-order chi connectivity index (χ0) is 28.3. The summed E-state index contributed by atoms with van der Waals surface area (Å²) in [5.41, 5.74) is 1.30. The van der Waals surface area contributed by atoms with E-state index in [1.807, 2.05) is 13.8 Å². The van der Waals surface area contributed by atoms with Gasteiger partial charge in [0.05, 0.1) is 5.56 Å². The van der Waals surface area contributed by atoms with Gasteiger partial charge in [-0.3, -0.25) is 25.1 Å². The molecule has 0 fully saturated rings. The van der Waals surface area contributed by atoms with Crippen molar-refractivity contribution in [2.24, 2.45) is 0 Å². The van der Waals surface area contributed by atoms with E-state index in [2.05, 4.69) is 16.0 Å². The van der Waals surface area contributed by atoms with Gasteiger partial charge in [0.15, 0.2) is 0 Å². The molecule has 1 aliphatic rings. The Labute approximate surface area is 228 Å². The number of amides is 3. The number of hydrogen-bond donors (Lipinski definition) is 5. The molecule has 5 aromatic carbocycles. The number of amidine groups is 1. The minimum absolute atomic E-state index is 0.0240. The van der Waals surface area contributed by atoms with Gasteiger partial charge in [0, 0.05) is 51.5 Å². The minimum atomic E-state index is -1.19. The number of hydrogen-bond acceptors (Lipinski definition) is 5. The summed E-state index contributed by atoms with van der Waals surface area (Å²) in [6, 6.07) is 11.7. The van der Waals surface area contributed by atoms with E-state index in [0.717, 1.165) is 18.2 Å². The maximum atomic E-state index is 13.4. The predicted molar refractivity (Wildman–Crippen MR) is 154 cm³/mol. The summed E-state index contributed by atoms with van der Waals surface area (Å²) in [6.45, 7) is 4.88. The van der Waals surface area contributed by atoms with E-state index >= 15 is 0 Å². The van der Waals surface area contributed by atoms with Crippen LogP contribution in [0.3, 0.4) is 0 Å². The maximum Gasteiger partial charge on any atom is 0.336 e. The third-order valence-electron chi connectivity index (χ3n) is 7.55. The van der Waals surface area contributed by atoms with Crippen LogP contribution in [0.25, 0.3) is 43.1 Å². The molecule has 5 aromatic rings. The Morgan fingerprint density at radius 3 is 1.98 bits per heavy atom. The third kappa shape index (κ3) is 3.51. The maximum absolute atomic E-state index is 13.4. The third-order valence-corrected chi connectivity index (χ3v) is 7.55. The second-order valence-electron chi connectivity index (χ2n) is 9.97. The summed E-state index contributed by atoms with van der Waals surface area (Å²) in [5.74, 6) is -2.50. The fourth-order valence-electron chi connectivity index (χ4n) is 5.85. The van der Waals surface area contributed by atoms with Gasteiger partial charge in [-0.15, -0.1) is 0 Å². The Bertz CT molecular complexity index is 1940. The van der Waals surface area contributed by atoms with Crippen LogP contribution in [0, 0.1) is 5.41 Å². The highest BCUT2D eigenvalue weighted by Crippen LogP contribution is 2.45. The molecule has 1 aliphatic heterocycles. The molecule has 0 saturated heterocycles. The number of fused-ring (bicyclic) bond motifs is 2. The molecule has 0 radical (unpaired) electrons. The fraction of sp³-hybridized carbons (Fsp3) is 0.194. The summed E-state index contributed by atoms with van der Waals surface area (Å²) in [5, 5.41) is 32.0. The zero-order valence-corrected chi connectivity index (χ0v) is 22.0. The molecule has 0 bridgehead atoms. The first kappa shape index (κ1) is 25.2. The lowest BCUT2D eigenvalue weighted by molar-refractivity contribution is 0.0697. The molecule has 0 unspecified atom stereocenters. The molecule has 40 heavy (non-hydrogen) atoms. The molecular weight excluding hydrogens is 508 g/mol. The lowest BCUT2D eigenvalue weighted by Gasteiger charge is -2.23. The molecule has 0 atom stereocenters. The van der Waals surface area contributed by atoms with E-state index in [1.165, 1.54) is 6.07 Å². The zero-order valence-electron chi connectivity index (χ0n) is 22.0. The fourth-order valence-corrected chi connectivity index (χ4v) is 5.85. The normalized spacial score (nSPS) is 12.8. The Balaban J connectivity index is 1.86. The van der Waals surface area contributed by atoms with Crippen molar-refractivity contribution in [2.75, 3.05) is 13.1 Å². The van der Waals surface area contributed by atoms with Crippen LogP contribution in [0.15, 0.2) is 42.5 Å². The van der Waals surface area contributed by atoms with Gasteiger partial charge < -0.3 is 15.7 Å². The number of nitrogens with one attached hydrogen (secondary N) is 4. The predicted octanol–water partition coefficient (Wildman–Crippen LogP) is 4.78. The first-order valence-electron chi connectivity index (χ1n) is 13.2. The largest absolute Gasteiger partial charge is 0.478 e. The Morgan fingerprint density at radius 2 is 1.32 bits per heavy atom. The summed E-state index contributed by atoms with van der Waals surface area (Å²) < 4.78 is 0. The van der Waals surface area contributed by atoms with Crippen LogP contribution < -0.4 is 16.0 Å². The Morgan fingerprint density at radius 1 is 0.725 bits per heavy atom. The van der Waals surface area contributed by atoms with Crippen molar-refractivity contribution in [2.45, 2.75) is 26.7 Å². The standard InChI is InChI=1S/C31H26N4O5/c1-3-11-33-27(32)20-13-21(31(39)40)23-16-7-10-19-24-18(29(37)35-30(19)38)9-5-14(22(16)24)15-6-8-17(25(20)26(15)23)28(36)34-12-4-2/h5-10,13H,3-4,11-12H2,1-2H3,(H2,32,33)(H,34,36)(H,39,40)(H,35,37,38). The molecule has 0 aromatic heterocycles. The molecule has 9 nitrogen and oxygen atoms in total. The minimum Gasteiger partial charge on any atom is -0.478 e. The van der Waals surface area contributed by atoms with E-state index in [4.69, 9.17) is 5.41 Å². The quantitative estimate of drug-likeness (QED) is 0.0667. The number of carboxylic acids is 1. The van der Waals surface area contributed by atoms with Gasteiger partial charge in [-0.1, -0.05) is 32.0 Å². The van der Waals surface area contributed by atoms with E-state index < -0.39 is 17.8 Å². The number of carbonyl (C=O) groups is 4. The monoisotopic (exact) mass is 534 g/mol. The Hall–Kier alpha value is -5.05. The van der Waals surface area contributed by atoms with Gasteiger partial charge in [-0.2, -0.15) is 0 Å². The van der Waals surface area contributed by atoms with E-state index in [1.54, 1.807) is 36.4 Å². The second-order valence-corrected chi connectivity index (χ2v) is 9.97. The van der Waals surface area contributed by atoms with E-state index in [9.17, 15) is 24.3 Å². The lowest BCUT2D eigenvalue weighted by Crippen LogP contribution is -2.34.